The summed E-state index contributed by atoms with van der Waals surface area (Å²) in [5.41, 5.74) is 2.75. The van der Waals surface area contributed by atoms with Crippen LogP contribution in [-0.2, 0) is 22.6 Å². The molecule has 0 aliphatic heterocycles. The van der Waals surface area contributed by atoms with Gasteiger partial charge in [-0.25, -0.2) is 4.99 Å². The zero-order valence-corrected chi connectivity index (χ0v) is 21.0. The molecule has 1 fully saturated rings. The fourth-order valence-corrected chi connectivity index (χ4v) is 3.82. The molecule has 2 rings (SSSR count). The number of hydrogen-bond acceptors (Lipinski definition) is 3. The fraction of sp³-hybridized carbons (Fsp3) is 0.696. The number of nitrogens with one attached hydrogen (secondary N) is 2. The van der Waals surface area contributed by atoms with Crippen molar-refractivity contribution >= 4 is 29.9 Å². The van der Waals surface area contributed by atoms with E-state index in [4.69, 9.17) is 14.5 Å². The van der Waals surface area contributed by atoms with E-state index >= 15 is 0 Å². The number of methoxy groups -OCH3 is 1. The third-order valence-corrected chi connectivity index (χ3v) is 5.47. The molecule has 0 amide bonds. The van der Waals surface area contributed by atoms with Gasteiger partial charge < -0.3 is 20.1 Å². The Hall–Kier alpha value is -0.860. The summed E-state index contributed by atoms with van der Waals surface area (Å²) >= 11 is 0. The molecule has 5 nitrogen and oxygen atoms in total. The Morgan fingerprint density at radius 2 is 1.90 bits per heavy atom. The Morgan fingerprint density at radius 3 is 2.55 bits per heavy atom. The van der Waals surface area contributed by atoms with Gasteiger partial charge in [-0.15, -0.1) is 24.0 Å². The summed E-state index contributed by atoms with van der Waals surface area (Å²) in [5.74, 6) is 0.898. The van der Waals surface area contributed by atoms with Gasteiger partial charge in [0.15, 0.2) is 5.96 Å². The predicted molar refractivity (Wildman–Crippen MR) is 132 cm³/mol. The van der Waals surface area contributed by atoms with Crippen molar-refractivity contribution in [3.05, 3.63) is 35.4 Å². The standard InChI is InChI=1S/C23H39N3O2.HI/c1-5-24-22(26-18-23(13-14-27-4)11-6-7-12-23)25-16-20-9-8-10-21(15-20)17-28-19(2)3;/h8-10,15,19H,5-7,11-14,16-18H2,1-4H3,(H2,24,25,26);1H. The van der Waals surface area contributed by atoms with Crippen LogP contribution < -0.4 is 10.6 Å². The van der Waals surface area contributed by atoms with Gasteiger partial charge in [-0.05, 0) is 56.6 Å². The molecule has 0 radical (unpaired) electrons. The number of guanidine groups is 1. The molecule has 1 aliphatic carbocycles. The summed E-state index contributed by atoms with van der Waals surface area (Å²) in [6.07, 6.45) is 6.57. The van der Waals surface area contributed by atoms with Gasteiger partial charge in [-0.3, -0.25) is 0 Å². The molecule has 1 aromatic carbocycles. The molecule has 0 aromatic heterocycles. The van der Waals surface area contributed by atoms with Gasteiger partial charge in [0.25, 0.3) is 0 Å². The molecule has 0 unspecified atom stereocenters. The van der Waals surface area contributed by atoms with Crippen molar-refractivity contribution in [2.75, 3.05) is 26.8 Å². The van der Waals surface area contributed by atoms with Crippen molar-refractivity contribution in [1.29, 1.82) is 0 Å². The van der Waals surface area contributed by atoms with E-state index in [0.717, 1.165) is 32.1 Å². The van der Waals surface area contributed by atoms with E-state index in [9.17, 15) is 0 Å². The number of ether oxygens (including phenoxy) is 2. The summed E-state index contributed by atoms with van der Waals surface area (Å²) < 4.78 is 11.1. The molecule has 0 saturated heterocycles. The second-order valence-corrected chi connectivity index (χ2v) is 8.18. The summed E-state index contributed by atoms with van der Waals surface area (Å²) in [6, 6.07) is 8.51. The van der Waals surface area contributed by atoms with Crippen molar-refractivity contribution in [2.45, 2.75) is 72.1 Å². The van der Waals surface area contributed by atoms with Crippen LogP contribution in [-0.4, -0.2) is 38.9 Å². The van der Waals surface area contributed by atoms with E-state index in [1.807, 2.05) is 0 Å². The molecular formula is C23H40IN3O2. The Bertz CT molecular complexity index is 602. The number of halogens is 1. The highest BCUT2D eigenvalue weighted by Crippen LogP contribution is 2.40. The Labute approximate surface area is 194 Å². The minimum Gasteiger partial charge on any atom is -0.385 e. The zero-order chi connectivity index (χ0) is 20.2. The maximum absolute atomic E-state index is 5.72. The topological polar surface area (TPSA) is 54.9 Å². The van der Waals surface area contributed by atoms with Crippen molar-refractivity contribution in [3.8, 4) is 0 Å². The molecule has 0 heterocycles. The van der Waals surface area contributed by atoms with Crippen molar-refractivity contribution in [3.63, 3.8) is 0 Å². The van der Waals surface area contributed by atoms with Gasteiger partial charge in [0.05, 0.1) is 19.3 Å². The van der Waals surface area contributed by atoms with Crippen LogP contribution in [0.1, 0.15) is 64.0 Å². The maximum Gasteiger partial charge on any atom is 0.191 e. The van der Waals surface area contributed by atoms with Gasteiger partial charge in [0, 0.05) is 26.8 Å². The van der Waals surface area contributed by atoms with Crippen molar-refractivity contribution in [2.24, 2.45) is 10.4 Å². The number of benzene rings is 1. The Balaban J connectivity index is 0.00000420. The molecule has 1 saturated carbocycles. The molecular weight excluding hydrogens is 477 g/mol. The van der Waals surface area contributed by atoms with E-state index < -0.39 is 0 Å². The van der Waals surface area contributed by atoms with Crippen LogP contribution >= 0.6 is 24.0 Å². The van der Waals surface area contributed by atoms with E-state index in [0.29, 0.717) is 18.6 Å². The fourth-order valence-electron chi connectivity index (χ4n) is 3.82. The summed E-state index contributed by atoms with van der Waals surface area (Å²) in [7, 11) is 1.79. The molecule has 6 heteroatoms. The minimum absolute atomic E-state index is 0. The molecule has 1 aliphatic rings. The highest BCUT2D eigenvalue weighted by atomic mass is 127. The molecule has 0 atom stereocenters. The van der Waals surface area contributed by atoms with E-state index in [2.05, 4.69) is 55.7 Å². The first-order valence-electron chi connectivity index (χ1n) is 10.8. The van der Waals surface area contributed by atoms with E-state index in [1.165, 1.54) is 36.8 Å². The SMILES string of the molecule is CCNC(=NCc1cccc(COC(C)C)c1)NCC1(CCOC)CCCC1.I. The van der Waals surface area contributed by atoms with Crippen LogP contribution in [0.25, 0.3) is 0 Å². The summed E-state index contributed by atoms with van der Waals surface area (Å²) in [4.78, 5) is 4.81. The smallest absolute Gasteiger partial charge is 0.191 e. The highest BCUT2D eigenvalue weighted by molar-refractivity contribution is 14.0. The zero-order valence-electron chi connectivity index (χ0n) is 18.6. The van der Waals surface area contributed by atoms with Crippen LogP contribution in [0, 0.1) is 5.41 Å². The van der Waals surface area contributed by atoms with E-state index in [1.54, 1.807) is 7.11 Å². The van der Waals surface area contributed by atoms with Crippen LogP contribution in [0.4, 0.5) is 0 Å². The quantitative estimate of drug-likeness (QED) is 0.250. The number of hydrogen-bond donors (Lipinski definition) is 2. The van der Waals surface area contributed by atoms with Crippen LogP contribution in [0.3, 0.4) is 0 Å². The third kappa shape index (κ3) is 9.66. The lowest BCUT2D eigenvalue weighted by atomic mass is 9.83. The number of nitrogens with zero attached hydrogens (tertiary/aromatic N) is 1. The Morgan fingerprint density at radius 1 is 1.17 bits per heavy atom. The first-order valence-corrected chi connectivity index (χ1v) is 10.8. The number of rotatable bonds is 11. The predicted octanol–water partition coefficient (Wildman–Crippen LogP) is 4.88. The van der Waals surface area contributed by atoms with Gasteiger partial charge in [-0.1, -0.05) is 37.1 Å². The first kappa shape index (κ1) is 26.2. The average molecular weight is 517 g/mol. The molecule has 166 valence electrons. The molecule has 0 bridgehead atoms. The Kier molecular flexibility index (Phi) is 12.8. The number of aliphatic imine (C=N–C) groups is 1. The largest absolute Gasteiger partial charge is 0.385 e. The van der Waals surface area contributed by atoms with Gasteiger partial charge in [0.1, 0.15) is 0 Å². The van der Waals surface area contributed by atoms with Gasteiger partial charge in [-0.2, -0.15) is 0 Å². The summed E-state index contributed by atoms with van der Waals surface area (Å²) in [5, 5.41) is 6.98. The first-order chi connectivity index (χ1) is 13.6. The lowest BCUT2D eigenvalue weighted by Crippen LogP contribution is -2.43. The maximum atomic E-state index is 5.72. The van der Waals surface area contributed by atoms with Gasteiger partial charge >= 0.3 is 0 Å². The lowest BCUT2D eigenvalue weighted by Gasteiger charge is -2.30. The van der Waals surface area contributed by atoms with Crippen LogP contribution in [0.15, 0.2) is 29.3 Å². The lowest BCUT2D eigenvalue weighted by molar-refractivity contribution is 0.0657. The molecule has 0 spiro atoms. The van der Waals surface area contributed by atoms with Crippen molar-refractivity contribution < 1.29 is 9.47 Å². The highest BCUT2D eigenvalue weighted by Gasteiger charge is 2.33. The molecule has 29 heavy (non-hydrogen) atoms. The normalized spacial score (nSPS) is 16.0. The monoisotopic (exact) mass is 517 g/mol. The minimum atomic E-state index is 0. The second-order valence-electron chi connectivity index (χ2n) is 8.18. The van der Waals surface area contributed by atoms with Crippen molar-refractivity contribution in [1.82, 2.24) is 10.6 Å². The van der Waals surface area contributed by atoms with Crippen LogP contribution in [0.5, 0.6) is 0 Å². The van der Waals surface area contributed by atoms with Gasteiger partial charge in [0.2, 0.25) is 0 Å². The molecule has 1 aromatic rings. The average Bonchev–Trinajstić information content (AvgIpc) is 3.16. The molecule has 2 N–H and O–H groups in total. The van der Waals surface area contributed by atoms with Crippen LogP contribution in [0.2, 0.25) is 0 Å². The summed E-state index contributed by atoms with van der Waals surface area (Å²) in [6.45, 7) is 10.2. The second kappa shape index (κ2) is 14.2. The third-order valence-electron chi connectivity index (χ3n) is 5.47. The van der Waals surface area contributed by atoms with E-state index in [-0.39, 0.29) is 30.1 Å².